The molecular formula is C10H17N3. The molecule has 0 spiro atoms. The topological polar surface area (TPSA) is 43.8 Å². The lowest BCUT2D eigenvalue weighted by Gasteiger charge is -2.26. The molecule has 2 rings (SSSR count). The molecule has 1 heterocycles. The molecule has 0 aliphatic heterocycles. The summed E-state index contributed by atoms with van der Waals surface area (Å²) in [5.41, 5.74) is 8.34. The third-order valence-electron chi connectivity index (χ3n) is 2.97. The Morgan fingerprint density at radius 3 is 2.92 bits per heavy atom. The lowest BCUT2D eigenvalue weighted by atomic mass is 9.81. The first-order valence-electron chi connectivity index (χ1n) is 5.03. The van der Waals surface area contributed by atoms with Crippen molar-refractivity contribution in [2.45, 2.75) is 31.6 Å². The Bertz CT molecular complexity index is 286. The maximum Gasteiger partial charge on any atom is 0.0525 e. The summed E-state index contributed by atoms with van der Waals surface area (Å²) in [4.78, 5) is 0. The minimum Gasteiger partial charge on any atom is -0.330 e. The largest absolute Gasteiger partial charge is 0.330 e. The fraction of sp³-hybridized carbons (Fsp3) is 0.700. The first kappa shape index (κ1) is 8.75. The normalized spacial score (nSPS) is 17.4. The van der Waals surface area contributed by atoms with Crippen molar-refractivity contribution in [1.82, 2.24) is 9.78 Å². The number of hydrogen-bond acceptors (Lipinski definition) is 2. The predicted octanol–water partition coefficient (Wildman–Crippen LogP) is 1.19. The van der Waals surface area contributed by atoms with Gasteiger partial charge in [-0.05, 0) is 31.4 Å². The van der Waals surface area contributed by atoms with Crippen LogP contribution in [0, 0.1) is 0 Å². The van der Waals surface area contributed by atoms with Crippen LogP contribution in [-0.4, -0.2) is 16.3 Å². The summed E-state index contributed by atoms with van der Waals surface area (Å²) in [7, 11) is 2.04. The minimum absolute atomic E-state index is 0.728. The molecule has 13 heavy (non-hydrogen) atoms. The van der Waals surface area contributed by atoms with E-state index < -0.39 is 0 Å². The van der Waals surface area contributed by atoms with Gasteiger partial charge in [0.25, 0.3) is 0 Å². The lowest BCUT2D eigenvalue weighted by molar-refractivity contribution is 0.394. The number of hydrogen-bond donors (Lipinski definition) is 1. The average molecular weight is 179 g/mol. The fourth-order valence-corrected chi connectivity index (χ4v) is 2.05. The van der Waals surface area contributed by atoms with E-state index in [0.29, 0.717) is 0 Å². The van der Waals surface area contributed by atoms with Gasteiger partial charge in [0.1, 0.15) is 0 Å². The van der Waals surface area contributed by atoms with Crippen molar-refractivity contribution in [3.8, 4) is 0 Å². The van der Waals surface area contributed by atoms with Crippen LogP contribution in [0.1, 0.15) is 36.4 Å². The molecule has 1 aliphatic rings. The molecule has 1 fully saturated rings. The van der Waals surface area contributed by atoms with Crippen molar-refractivity contribution >= 4 is 0 Å². The number of aromatic nitrogens is 2. The predicted molar refractivity (Wildman–Crippen MR) is 52.6 cm³/mol. The molecule has 2 N–H and O–H groups in total. The average Bonchev–Trinajstić information content (AvgIpc) is 2.34. The van der Waals surface area contributed by atoms with Crippen LogP contribution in [-0.2, 0) is 13.5 Å². The summed E-state index contributed by atoms with van der Waals surface area (Å²) in [6.45, 7) is 0.728. The molecule has 0 bridgehead atoms. The van der Waals surface area contributed by atoms with Gasteiger partial charge in [0.05, 0.1) is 6.20 Å². The number of aryl methyl sites for hydroxylation is 1. The van der Waals surface area contributed by atoms with E-state index in [4.69, 9.17) is 5.73 Å². The van der Waals surface area contributed by atoms with Gasteiger partial charge < -0.3 is 5.73 Å². The van der Waals surface area contributed by atoms with Crippen molar-refractivity contribution in [1.29, 1.82) is 0 Å². The van der Waals surface area contributed by atoms with Crippen LogP contribution in [0.15, 0.2) is 6.20 Å². The smallest absolute Gasteiger partial charge is 0.0525 e. The third-order valence-corrected chi connectivity index (χ3v) is 2.97. The van der Waals surface area contributed by atoms with Crippen LogP contribution in [0.25, 0.3) is 0 Å². The molecule has 72 valence electrons. The zero-order valence-electron chi connectivity index (χ0n) is 8.16. The van der Waals surface area contributed by atoms with E-state index in [9.17, 15) is 0 Å². The van der Waals surface area contributed by atoms with Gasteiger partial charge in [-0.3, -0.25) is 4.68 Å². The van der Waals surface area contributed by atoms with Gasteiger partial charge in [0.2, 0.25) is 0 Å². The van der Waals surface area contributed by atoms with E-state index in [-0.39, 0.29) is 0 Å². The maximum absolute atomic E-state index is 5.56. The fourth-order valence-electron chi connectivity index (χ4n) is 2.05. The summed E-state index contributed by atoms with van der Waals surface area (Å²) >= 11 is 0. The molecule has 1 aliphatic carbocycles. The molecule has 3 nitrogen and oxygen atoms in total. The summed E-state index contributed by atoms with van der Waals surface area (Å²) in [5.74, 6) is 0.758. The lowest BCUT2D eigenvalue weighted by Crippen LogP contribution is -2.16. The molecule has 0 amide bonds. The highest BCUT2D eigenvalue weighted by molar-refractivity contribution is 5.23. The van der Waals surface area contributed by atoms with E-state index in [1.165, 1.54) is 30.5 Å². The van der Waals surface area contributed by atoms with Crippen LogP contribution in [0.4, 0.5) is 0 Å². The van der Waals surface area contributed by atoms with Crippen molar-refractivity contribution in [3.63, 3.8) is 0 Å². The first-order chi connectivity index (χ1) is 6.33. The maximum atomic E-state index is 5.56. The van der Waals surface area contributed by atoms with Gasteiger partial charge in [0.15, 0.2) is 0 Å². The molecule has 1 aromatic heterocycles. The molecule has 0 radical (unpaired) electrons. The Hall–Kier alpha value is -0.830. The van der Waals surface area contributed by atoms with Gasteiger partial charge in [-0.25, -0.2) is 0 Å². The van der Waals surface area contributed by atoms with Crippen LogP contribution >= 0.6 is 0 Å². The zero-order valence-corrected chi connectivity index (χ0v) is 8.16. The van der Waals surface area contributed by atoms with Crippen LogP contribution in [0.2, 0.25) is 0 Å². The molecule has 1 saturated carbocycles. The number of nitrogens with zero attached hydrogens (tertiary/aromatic N) is 2. The van der Waals surface area contributed by atoms with Crippen LogP contribution in [0.5, 0.6) is 0 Å². The standard InChI is InChI=1S/C10H17N3/c1-13-10(8-3-2-4-8)9(5-6-11)7-12-13/h7-8H,2-6,11H2,1H3. The zero-order chi connectivity index (χ0) is 9.26. The van der Waals surface area contributed by atoms with E-state index >= 15 is 0 Å². The van der Waals surface area contributed by atoms with E-state index in [1.807, 2.05) is 17.9 Å². The minimum atomic E-state index is 0.728. The Balaban J connectivity index is 2.23. The van der Waals surface area contributed by atoms with Crippen LogP contribution in [0.3, 0.4) is 0 Å². The van der Waals surface area contributed by atoms with E-state index in [1.54, 1.807) is 0 Å². The van der Waals surface area contributed by atoms with Crippen LogP contribution < -0.4 is 5.73 Å². The summed E-state index contributed by atoms with van der Waals surface area (Å²) in [6.07, 6.45) is 6.98. The molecule has 3 heteroatoms. The first-order valence-corrected chi connectivity index (χ1v) is 5.03. The number of rotatable bonds is 3. The molecule has 0 atom stereocenters. The van der Waals surface area contributed by atoms with E-state index in [2.05, 4.69) is 5.10 Å². The highest BCUT2D eigenvalue weighted by atomic mass is 15.3. The molecule has 1 aromatic rings. The second kappa shape index (κ2) is 3.50. The van der Waals surface area contributed by atoms with Gasteiger partial charge in [0, 0.05) is 18.7 Å². The molecule has 0 aromatic carbocycles. The second-order valence-electron chi connectivity index (χ2n) is 3.85. The summed E-state index contributed by atoms with van der Waals surface area (Å²) in [5, 5.41) is 4.30. The number of nitrogens with two attached hydrogens (primary N) is 1. The Labute approximate surface area is 78.9 Å². The second-order valence-corrected chi connectivity index (χ2v) is 3.85. The van der Waals surface area contributed by atoms with Crippen molar-refractivity contribution in [3.05, 3.63) is 17.5 Å². The van der Waals surface area contributed by atoms with Gasteiger partial charge >= 0.3 is 0 Å². The van der Waals surface area contributed by atoms with Crippen molar-refractivity contribution < 1.29 is 0 Å². The Morgan fingerprint density at radius 2 is 2.38 bits per heavy atom. The SMILES string of the molecule is Cn1ncc(CCN)c1C1CCC1. The van der Waals surface area contributed by atoms with E-state index in [0.717, 1.165) is 18.9 Å². The Kier molecular flexibility index (Phi) is 2.36. The van der Waals surface area contributed by atoms with Gasteiger partial charge in [-0.1, -0.05) is 6.42 Å². The summed E-state index contributed by atoms with van der Waals surface area (Å²) < 4.78 is 2.02. The monoisotopic (exact) mass is 179 g/mol. The van der Waals surface area contributed by atoms with Crippen molar-refractivity contribution in [2.75, 3.05) is 6.54 Å². The highest BCUT2D eigenvalue weighted by Crippen LogP contribution is 2.37. The molecule has 0 saturated heterocycles. The summed E-state index contributed by atoms with van der Waals surface area (Å²) in [6, 6.07) is 0. The Morgan fingerprint density at radius 1 is 1.62 bits per heavy atom. The third kappa shape index (κ3) is 1.48. The highest BCUT2D eigenvalue weighted by Gasteiger charge is 2.24. The van der Waals surface area contributed by atoms with Gasteiger partial charge in [-0.15, -0.1) is 0 Å². The van der Waals surface area contributed by atoms with Gasteiger partial charge in [-0.2, -0.15) is 5.10 Å². The molecule has 0 unspecified atom stereocenters. The quantitative estimate of drug-likeness (QED) is 0.757. The van der Waals surface area contributed by atoms with Crippen molar-refractivity contribution in [2.24, 2.45) is 12.8 Å². The molecular weight excluding hydrogens is 162 g/mol.